The highest BCUT2D eigenvalue weighted by Crippen LogP contribution is 2.24. The highest BCUT2D eigenvalue weighted by molar-refractivity contribution is 7.96. The van der Waals surface area contributed by atoms with Gasteiger partial charge in [-0.05, 0) is 43.7 Å². The highest BCUT2D eigenvalue weighted by atomic mass is 32.2. The van der Waals surface area contributed by atoms with E-state index in [9.17, 15) is 0 Å². The van der Waals surface area contributed by atoms with Gasteiger partial charge >= 0.3 is 0 Å². The second-order valence-electron chi connectivity index (χ2n) is 6.71. The van der Waals surface area contributed by atoms with Gasteiger partial charge in [0, 0.05) is 30.1 Å². The summed E-state index contributed by atoms with van der Waals surface area (Å²) in [6, 6.07) is 16.3. The summed E-state index contributed by atoms with van der Waals surface area (Å²) in [6.45, 7) is 4.65. The average molecular weight is 383 g/mol. The van der Waals surface area contributed by atoms with Crippen molar-refractivity contribution >= 4 is 23.3 Å². The molecule has 2 aromatic carbocycles. The first-order valence-electron chi connectivity index (χ1n) is 8.98. The second-order valence-corrected chi connectivity index (χ2v) is 7.33. The van der Waals surface area contributed by atoms with Gasteiger partial charge in [0.05, 0.1) is 11.8 Å². The first kappa shape index (κ1) is 19.3. The van der Waals surface area contributed by atoms with Crippen LogP contribution in [0.5, 0.6) is 5.75 Å². The van der Waals surface area contributed by atoms with E-state index in [1.54, 1.807) is 0 Å². The first-order valence-corrected chi connectivity index (χ1v) is 10.0. The maximum absolute atomic E-state index is 5.96. The molecular formula is C21H26N4OS. The van der Waals surface area contributed by atoms with Gasteiger partial charge in [-0.3, -0.25) is 10.1 Å². The SMILES string of the molecule is CC(C)Oc1ccccc1C1=NCN(C)C(Nc2cccc(CSN)c2)=C1. The lowest BCUT2D eigenvalue weighted by Crippen LogP contribution is -2.28. The zero-order valence-electron chi connectivity index (χ0n) is 16.0. The van der Waals surface area contributed by atoms with Crippen molar-refractivity contribution in [3.63, 3.8) is 0 Å². The molecule has 0 amide bonds. The lowest BCUT2D eigenvalue weighted by Gasteiger charge is -2.27. The van der Waals surface area contributed by atoms with Gasteiger partial charge in [0.15, 0.2) is 0 Å². The molecule has 0 atom stereocenters. The van der Waals surface area contributed by atoms with Gasteiger partial charge in [-0.15, -0.1) is 0 Å². The number of hydrogen-bond acceptors (Lipinski definition) is 6. The Kier molecular flexibility index (Phi) is 6.42. The fraction of sp³-hybridized carbons (Fsp3) is 0.286. The molecule has 1 aliphatic rings. The molecule has 3 N–H and O–H groups in total. The number of para-hydroxylation sites is 1. The maximum Gasteiger partial charge on any atom is 0.129 e. The van der Waals surface area contributed by atoms with E-state index in [2.05, 4.69) is 40.6 Å². The summed E-state index contributed by atoms with van der Waals surface area (Å²) in [5, 5.41) is 9.10. The van der Waals surface area contributed by atoms with Crippen molar-refractivity contribution < 1.29 is 4.74 Å². The third kappa shape index (κ3) is 5.05. The van der Waals surface area contributed by atoms with E-state index in [1.807, 2.05) is 45.2 Å². The summed E-state index contributed by atoms with van der Waals surface area (Å²) in [6.07, 6.45) is 2.18. The van der Waals surface area contributed by atoms with Crippen molar-refractivity contribution in [2.45, 2.75) is 25.7 Å². The number of ether oxygens (including phenoxy) is 1. The first-order chi connectivity index (χ1) is 13.1. The fourth-order valence-corrected chi connectivity index (χ4v) is 3.23. The summed E-state index contributed by atoms with van der Waals surface area (Å²) in [5.74, 6) is 2.64. The Balaban J connectivity index is 1.86. The molecule has 5 nitrogen and oxygen atoms in total. The predicted molar refractivity (Wildman–Crippen MR) is 115 cm³/mol. The summed E-state index contributed by atoms with van der Waals surface area (Å²) in [7, 11) is 2.02. The molecule has 3 rings (SSSR count). The number of hydrogen-bond donors (Lipinski definition) is 2. The molecule has 6 heteroatoms. The van der Waals surface area contributed by atoms with Gasteiger partial charge in [-0.1, -0.05) is 36.2 Å². The lowest BCUT2D eigenvalue weighted by molar-refractivity contribution is 0.242. The Labute approximate surface area is 165 Å². The minimum Gasteiger partial charge on any atom is -0.490 e. The largest absolute Gasteiger partial charge is 0.490 e. The van der Waals surface area contributed by atoms with Gasteiger partial charge < -0.3 is 15.0 Å². The van der Waals surface area contributed by atoms with Crippen LogP contribution in [0.4, 0.5) is 5.69 Å². The molecule has 0 spiro atoms. The second kappa shape index (κ2) is 8.97. The third-order valence-corrected chi connectivity index (χ3v) is 4.61. The lowest BCUT2D eigenvalue weighted by atomic mass is 10.1. The zero-order chi connectivity index (χ0) is 19.2. The normalized spacial score (nSPS) is 14.0. The Bertz CT molecular complexity index is 848. The topological polar surface area (TPSA) is 62.9 Å². The van der Waals surface area contributed by atoms with Crippen molar-refractivity contribution in [2.75, 3.05) is 19.0 Å². The number of aliphatic imine (C=N–C) groups is 1. The molecule has 0 saturated heterocycles. The molecule has 142 valence electrons. The Hall–Kier alpha value is -2.44. The molecule has 0 bridgehead atoms. The smallest absolute Gasteiger partial charge is 0.129 e. The van der Waals surface area contributed by atoms with E-state index >= 15 is 0 Å². The van der Waals surface area contributed by atoms with E-state index in [4.69, 9.17) is 14.9 Å². The summed E-state index contributed by atoms with van der Waals surface area (Å²) < 4.78 is 5.96. The molecule has 1 heterocycles. The van der Waals surface area contributed by atoms with Crippen molar-refractivity contribution in [1.29, 1.82) is 0 Å². The standard InChI is InChI=1S/C21H26N4OS/c1-15(2)26-20-10-5-4-9-18(20)19-12-21(25(3)14-23-19)24-17-8-6-7-16(11-17)13-27-22/h4-12,15,24H,13-14,22H2,1-3H3. The molecule has 0 aliphatic carbocycles. The van der Waals surface area contributed by atoms with Gasteiger partial charge in [0.2, 0.25) is 0 Å². The van der Waals surface area contributed by atoms with E-state index < -0.39 is 0 Å². The van der Waals surface area contributed by atoms with Crippen molar-refractivity contribution in [2.24, 2.45) is 10.1 Å². The van der Waals surface area contributed by atoms with Gasteiger partial charge in [0.1, 0.15) is 18.2 Å². The van der Waals surface area contributed by atoms with E-state index in [-0.39, 0.29) is 6.10 Å². The van der Waals surface area contributed by atoms with Crippen LogP contribution in [0.15, 0.2) is 65.4 Å². The van der Waals surface area contributed by atoms with Crippen LogP contribution in [0.3, 0.4) is 0 Å². The molecule has 0 saturated carbocycles. The summed E-state index contributed by atoms with van der Waals surface area (Å²) >= 11 is 1.33. The third-order valence-electron chi connectivity index (χ3n) is 4.11. The molecule has 2 aromatic rings. The minimum atomic E-state index is 0.114. The quantitative estimate of drug-likeness (QED) is 0.702. The van der Waals surface area contributed by atoms with Crippen LogP contribution in [0.2, 0.25) is 0 Å². The number of nitrogens with one attached hydrogen (secondary N) is 1. The molecular weight excluding hydrogens is 356 g/mol. The minimum absolute atomic E-state index is 0.114. The van der Waals surface area contributed by atoms with Crippen LogP contribution in [0, 0.1) is 0 Å². The molecule has 0 unspecified atom stereocenters. The number of anilines is 1. The monoisotopic (exact) mass is 382 g/mol. The molecule has 0 aromatic heterocycles. The Morgan fingerprint density at radius 1 is 1.22 bits per heavy atom. The van der Waals surface area contributed by atoms with Crippen LogP contribution in [-0.2, 0) is 5.75 Å². The predicted octanol–water partition coefficient (Wildman–Crippen LogP) is 4.23. The highest BCUT2D eigenvalue weighted by Gasteiger charge is 2.16. The summed E-state index contributed by atoms with van der Waals surface area (Å²) in [4.78, 5) is 6.80. The maximum atomic E-state index is 5.96. The summed E-state index contributed by atoms with van der Waals surface area (Å²) in [5.41, 5.74) is 4.15. The van der Waals surface area contributed by atoms with Crippen molar-refractivity contribution in [1.82, 2.24) is 4.90 Å². The van der Waals surface area contributed by atoms with Crippen LogP contribution >= 0.6 is 11.9 Å². The number of benzene rings is 2. The molecule has 27 heavy (non-hydrogen) atoms. The van der Waals surface area contributed by atoms with E-state index in [0.29, 0.717) is 6.67 Å². The Morgan fingerprint density at radius 2 is 2.04 bits per heavy atom. The van der Waals surface area contributed by atoms with Crippen molar-refractivity contribution in [3.05, 3.63) is 71.6 Å². The van der Waals surface area contributed by atoms with Crippen LogP contribution in [0.25, 0.3) is 0 Å². The fourth-order valence-electron chi connectivity index (χ4n) is 2.86. The number of nitrogens with zero attached hydrogens (tertiary/aromatic N) is 2. The van der Waals surface area contributed by atoms with Gasteiger partial charge in [-0.2, -0.15) is 0 Å². The van der Waals surface area contributed by atoms with Crippen LogP contribution < -0.4 is 15.2 Å². The number of rotatable bonds is 7. The molecule has 0 radical (unpaired) electrons. The molecule has 0 fully saturated rings. The van der Waals surface area contributed by atoms with Gasteiger partial charge in [0.25, 0.3) is 0 Å². The molecule has 1 aliphatic heterocycles. The van der Waals surface area contributed by atoms with E-state index in [0.717, 1.165) is 34.3 Å². The average Bonchev–Trinajstić information content (AvgIpc) is 2.64. The number of allylic oxidation sites excluding steroid dienone is 1. The zero-order valence-corrected chi connectivity index (χ0v) is 16.8. The Morgan fingerprint density at radius 3 is 2.81 bits per heavy atom. The van der Waals surface area contributed by atoms with Gasteiger partial charge in [-0.25, -0.2) is 0 Å². The van der Waals surface area contributed by atoms with Crippen LogP contribution in [-0.4, -0.2) is 30.4 Å². The van der Waals surface area contributed by atoms with Crippen molar-refractivity contribution in [3.8, 4) is 5.75 Å². The number of nitrogens with two attached hydrogens (primary N) is 1. The van der Waals surface area contributed by atoms with Crippen LogP contribution in [0.1, 0.15) is 25.0 Å². The van der Waals surface area contributed by atoms with E-state index in [1.165, 1.54) is 17.5 Å².